The van der Waals surface area contributed by atoms with Gasteiger partial charge < -0.3 is 10.1 Å². The van der Waals surface area contributed by atoms with Gasteiger partial charge in [-0.2, -0.15) is 18.2 Å². The smallest absolute Gasteiger partial charge is 0.401 e. The Kier molecular flexibility index (Phi) is 2.97. The third-order valence-corrected chi connectivity index (χ3v) is 2.22. The molecule has 0 bridgehead atoms. The van der Waals surface area contributed by atoms with Crippen molar-refractivity contribution in [2.75, 3.05) is 13.1 Å². The number of nitrogens with one attached hydrogen (secondary N) is 1. The molecule has 92 valence electrons. The van der Waals surface area contributed by atoms with E-state index in [4.69, 9.17) is 0 Å². The molecule has 0 aliphatic carbocycles. The molecule has 0 saturated carbocycles. The lowest BCUT2D eigenvalue weighted by atomic mass is 10.0. The first-order chi connectivity index (χ1) is 7.97. The van der Waals surface area contributed by atoms with E-state index in [0.717, 1.165) is 6.07 Å². The van der Waals surface area contributed by atoms with Crippen LogP contribution in [-0.4, -0.2) is 35.2 Å². The molecule has 8 heteroatoms. The highest BCUT2D eigenvalue weighted by Crippen LogP contribution is 2.21. The predicted molar refractivity (Wildman–Crippen MR) is 49.3 cm³/mol. The first-order valence-electron chi connectivity index (χ1n) is 4.79. The second-order valence-corrected chi connectivity index (χ2v) is 3.50. The van der Waals surface area contributed by atoms with Crippen LogP contribution in [0.4, 0.5) is 13.2 Å². The largest absolute Gasteiger partial charge is 0.491 e. The molecule has 1 aromatic heterocycles. The number of hydrogen-bond donors (Lipinski definition) is 1. The molecule has 0 atom stereocenters. The van der Waals surface area contributed by atoms with E-state index in [1.165, 1.54) is 6.20 Å². The molecule has 1 aromatic rings. The number of aromatic nitrogens is 2. The SMILES string of the molecule is O=C(Oc1ccnc(C2CNC2)n1)C(F)(F)F. The van der Waals surface area contributed by atoms with Gasteiger partial charge in [0.15, 0.2) is 0 Å². The van der Waals surface area contributed by atoms with Crippen molar-refractivity contribution in [2.24, 2.45) is 0 Å². The standard InChI is InChI=1S/C9H8F3N3O2/c10-9(11,12)8(16)17-6-1-2-14-7(15-6)5-3-13-4-5/h1-2,5,13H,3-4H2. The van der Waals surface area contributed by atoms with Gasteiger partial charge in [0.1, 0.15) is 5.82 Å². The summed E-state index contributed by atoms with van der Waals surface area (Å²) >= 11 is 0. The van der Waals surface area contributed by atoms with Crippen molar-refractivity contribution in [3.05, 3.63) is 18.1 Å². The van der Waals surface area contributed by atoms with Gasteiger partial charge in [-0.05, 0) is 0 Å². The Morgan fingerprint density at radius 3 is 2.71 bits per heavy atom. The average molecular weight is 247 g/mol. The van der Waals surface area contributed by atoms with Crippen LogP contribution in [0, 0.1) is 0 Å². The Balaban J connectivity index is 2.08. The Morgan fingerprint density at radius 1 is 1.47 bits per heavy atom. The zero-order valence-corrected chi connectivity index (χ0v) is 8.49. The molecular weight excluding hydrogens is 239 g/mol. The van der Waals surface area contributed by atoms with Crippen LogP contribution in [0.2, 0.25) is 0 Å². The van der Waals surface area contributed by atoms with Crippen LogP contribution in [0.5, 0.6) is 5.88 Å². The number of nitrogens with zero attached hydrogens (tertiary/aromatic N) is 2. The second kappa shape index (κ2) is 4.28. The van der Waals surface area contributed by atoms with Crippen LogP contribution >= 0.6 is 0 Å². The molecule has 17 heavy (non-hydrogen) atoms. The molecule has 2 rings (SSSR count). The number of halogens is 3. The summed E-state index contributed by atoms with van der Waals surface area (Å²) < 4.78 is 39.9. The Labute approximate surface area is 94.0 Å². The normalized spacial score (nSPS) is 16.4. The van der Waals surface area contributed by atoms with E-state index in [0.29, 0.717) is 18.9 Å². The lowest BCUT2D eigenvalue weighted by Crippen LogP contribution is -2.40. The van der Waals surface area contributed by atoms with Crippen molar-refractivity contribution < 1.29 is 22.7 Å². The summed E-state index contributed by atoms with van der Waals surface area (Å²) in [6, 6.07) is 1.11. The zero-order valence-electron chi connectivity index (χ0n) is 8.49. The van der Waals surface area contributed by atoms with Gasteiger partial charge in [-0.25, -0.2) is 9.78 Å². The number of esters is 1. The molecule has 1 aliphatic heterocycles. The molecule has 1 N–H and O–H groups in total. The summed E-state index contributed by atoms with van der Waals surface area (Å²) in [6.07, 6.45) is -3.76. The van der Waals surface area contributed by atoms with Gasteiger partial charge in [-0.15, -0.1) is 0 Å². The van der Waals surface area contributed by atoms with E-state index in [9.17, 15) is 18.0 Å². The van der Waals surface area contributed by atoms with Crippen molar-refractivity contribution in [1.82, 2.24) is 15.3 Å². The quantitative estimate of drug-likeness (QED) is 0.776. The maximum atomic E-state index is 11.9. The van der Waals surface area contributed by atoms with Gasteiger partial charge in [0.2, 0.25) is 5.88 Å². The monoisotopic (exact) mass is 247 g/mol. The first-order valence-corrected chi connectivity index (χ1v) is 4.79. The summed E-state index contributed by atoms with van der Waals surface area (Å²) in [5.74, 6) is -2.24. The van der Waals surface area contributed by atoms with E-state index in [2.05, 4.69) is 20.0 Å². The highest BCUT2D eigenvalue weighted by atomic mass is 19.4. The first kappa shape index (κ1) is 11.8. The number of carbonyl (C=O) groups excluding carboxylic acids is 1. The fourth-order valence-corrected chi connectivity index (χ4v) is 1.23. The Hall–Kier alpha value is -1.70. The van der Waals surface area contributed by atoms with Crippen molar-refractivity contribution in [2.45, 2.75) is 12.1 Å². The lowest BCUT2D eigenvalue weighted by molar-refractivity contribution is -0.190. The third-order valence-electron chi connectivity index (χ3n) is 2.22. The minimum atomic E-state index is -5.02. The highest BCUT2D eigenvalue weighted by molar-refractivity contribution is 5.77. The molecular formula is C9H8F3N3O2. The summed E-state index contributed by atoms with van der Waals surface area (Å²) in [5.41, 5.74) is 0. The molecule has 0 unspecified atom stereocenters. The van der Waals surface area contributed by atoms with Crippen LogP contribution < -0.4 is 10.1 Å². The minimum Gasteiger partial charge on any atom is -0.401 e. The van der Waals surface area contributed by atoms with Crippen molar-refractivity contribution in [3.63, 3.8) is 0 Å². The van der Waals surface area contributed by atoms with Gasteiger partial charge in [-0.3, -0.25) is 0 Å². The van der Waals surface area contributed by atoms with E-state index in [-0.39, 0.29) is 11.8 Å². The van der Waals surface area contributed by atoms with E-state index in [1.54, 1.807) is 0 Å². The summed E-state index contributed by atoms with van der Waals surface area (Å²) in [5, 5.41) is 2.98. The Bertz CT molecular complexity index is 432. The summed E-state index contributed by atoms with van der Waals surface area (Å²) in [7, 11) is 0. The number of carbonyl (C=O) groups is 1. The highest BCUT2D eigenvalue weighted by Gasteiger charge is 2.41. The summed E-state index contributed by atoms with van der Waals surface area (Å²) in [6.45, 7) is 1.33. The van der Waals surface area contributed by atoms with Crippen molar-refractivity contribution in [3.8, 4) is 5.88 Å². The van der Waals surface area contributed by atoms with Gasteiger partial charge in [0.05, 0.1) is 0 Å². The van der Waals surface area contributed by atoms with Crippen LogP contribution in [-0.2, 0) is 4.79 Å². The van der Waals surface area contributed by atoms with E-state index >= 15 is 0 Å². The van der Waals surface area contributed by atoms with Crippen LogP contribution in [0.3, 0.4) is 0 Å². The van der Waals surface area contributed by atoms with Gasteiger partial charge in [0, 0.05) is 31.3 Å². The fraction of sp³-hybridized carbons (Fsp3) is 0.444. The average Bonchev–Trinajstić information content (AvgIpc) is 2.13. The Morgan fingerprint density at radius 2 is 2.18 bits per heavy atom. The van der Waals surface area contributed by atoms with Crippen molar-refractivity contribution >= 4 is 5.97 Å². The lowest BCUT2D eigenvalue weighted by Gasteiger charge is -2.25. The zero-order chi connectivity index (χ0) is 12.5. The van der Waals surface area contributed by atoms with Crippen LogP contribution in [0.1, 0.15) is 11.7 Å². The van der Waals surface area contributed by atoms with Gasteiger partial charge in [-0.1, -0.05) is 0 Å². The molecule has 1 fully saturated rings. The van der Waals surface area contributed by atoms with Gasteiger partial charge >= 0.3 is 12.1 Å². The van der Waals surface area contributed by atoms with Crippen LogP contribution in [0.15, 0.2) is 12.3 Å². The maximum Gasteiger partial charge on any atom is 0.491 e. The topological polar surface area (TPSA) is 64.1 Å². The van der Waals surface area contributed by atoms with E-state index < -0.39 is 12.1 Å². The molecule has 2 heterocycles. The van der Waals surface area contributed by atoms with Crippen LogP contribution in [0.25, 0.3) is 0 Å². The van der Waals surface area contributed by atoms with E-state index in [1.807, 2.05) is 0 Å². The third kappa shape index (κ3) is 2.70. The number of ether oxygens (including phenoxy) is 1. The van der Waals surface area contributed by atoms with Crippen molar-refractivity contribution in [1.29, 1.82) is 0 Å². The molecule has 0 aromatic carbocycles. The maximum absolute atomic E-state index is 11.9. The fourth-order valence-electron chi connectivity index (χ4n) is 1.23. The molecule has 0 spiro atoms. The molecule has 0 radical (unpaired) electrons. The predicted octanol–water partition coefficient (Wildman–Crippen LogP) is 0.631. The molecule has 0 amide bonds. The summed E-state index contributed by atoms with van der Waals surface area (Å²) in [4.78, 5) is 18.2. The molecule has 1 saturated heterocycles. The van der Waals surface area contributed by atoms with Gasteiger partial charge in [0.25, 0.3) is 0 Å². The molecule has 1 aliphatic rings. The number of hydrogen-bond acceptors (Lipinski definition) is 5. The molecule has 5 nitrogen and oxygen atoms in total. The number of alkyl halides is 3. The minimum absolute atomic E-state index is 0.0551. The second-order valence-electron chi connectivity index (χ2n) is 3.50. The number of rotatable bonds is 2.